The SMILES string of the molecule is CCO[Si](C)(CP(c1ccccc1)c1ccccc1)OCC. The Morgan fingerprint density at radius 1 is 0.773 bits per heavy atom. The molecule has 2 nitrogen and oxygen atoms in total. The minimum atomic E-state index is -2.15. The predicted octanol–water partition coefficient (Wildman–Crippen LogP) is 3.80. The van der Waals surface area contributed by atoms with E-state index >= 15 is 0 Å². The second kappa shape index (κ2) is 8.59. The zero-order valence-electron chi connectivity index (χ0n) is 13.7. The van der Waals surface area contributed by atoms with Crippen LogP contribution in [-0.2, 0) is 8.85 Å². The van der Waals surface area contributed by atoms with Gasteiger partial charge in [-0.25, -0.2) is 0 Å². The van der Waals surface area contributed by atoms with Gasteiger partial charge in [-0.15, -0.1) is 0 Å². The van der Waals surface area contributed by atoms with Gasteiger partial charge in [0, 0.05) is 19.0 Å². The highest BCUT2D eigenvalue weighted by Gasteiger charge is 2.35. The van der Waals surface area contributed by atoms with Crippen molar-refractivity contribution in [3.63, 3.8) is 0 Å². The monoisotopic (exact) mass is 332 g/mol. The normalized spacial score (nSPS) is 11.8. The maximum absolute atomic E-state index is 6.08. The molecule has 0 aliphatic heterocycles. The van der Waals surface area contributed by atoms with E-state index in [-0.39, 0.29) is 0 Å². The van der Waals surface area contributed by atoms with Gasteiger partial charge in [-0.1, -0.05) is 60.7 Å². The molecule has 0 unspecified atom stereocenters. The molecule has 0 radical (unpaired) electrons. The summed E-state index contributed by atoms with van der Waals surface area (Å²) < 4.78 is 12.2. The van der Waals surface area contributed by atoms with E-state index in [1.165, 1.54) is 10.6 Å². The largest absolute Gasteiger partial charge is 0.394 e. The smallest absolute Gasteiger partial charge is 0.339 e. The van der Waals surface area contributed by atoms with Gasteiger partial charge < -0.3 is 8.85 Å². The van der Waals surface area contributed by atoms with E-state index in [2.05, 4.69) is 81.1 Å². The lowest BCUT2D eigenvalue weighted by Gasteiger charge is -2.30. The fraction of sp³-hybridized carbons (Fsp3) is 0.333. The molecule has 22 heavy (non-hydrogen) atoms. The van der Waals surface area contributed by atoms with Crippen molar-refractivity contribution in [2.24, 2.45) is 0 Å². The summed E-state index contributed by atoms with van der Waals surface area (Å²) in [6, 6.07) is 21.5. The molecule has 0 saturated heterocycles. The predicted molar refractivity (Wildman–Crippen MR) is 98.8 cm³/mol. The summed E-state index contributed by atoms with van der Waals surface area (Å²) in [6.07, 6.45) is 0. The Balaban J connectivity index is 2.32. The standard InChI is InChI=1S/C18H25O2PSi/c1-4-19-22(3,20-5-2)16-21(17-12-8-6-9-13-17)18-14-10-7-11-15-18/h6-15H,4-5,16H2,1-3H3. The summed E-state index contributed by atoms with van der Waals surface area (Å²) in [7, 11) is -2.60. The summed E-state index contributed by atoms with van der Waals surface area (Å²) in [5.41, 5.74) is 0. The van der Waals surface area contributed by atoms with E-state index in [0.717, 1.165) is 19.0 Å². The van der Waals surface area contributed by atoms with Gasteiger partial charge in [0.15, 0.2) is 0 Å². The van der Waals surface area contributed by atoms with Crippen molar-refractivity contribution in [1.82, 2.24) is 0 Å². The molecule has 2 aromatic carbocycles. The number of rotatable bonds is 8. The van der Waals surface area contributed by atoms with Crippen LogP contribution < -0.4 is 10.6 Å². The van der Waals surface area contributed by atoms with Crippen LogP contribution in [0.1, 0.15) is 13.8 Å². The first kappa shape index (κ1) is 17.4. The molecule has 0 atom stereocenters. The number of hydrogen-bond donors (Lipinski definition) is 0. The summed E-state index contributed by atoms with van der Waals surface area (Å²) in [5, 5.41) is 2.78. The third kappa shape index (κ3) is 4.75. The zero-order valence-corrected chi connectivity index (χ0v) is 15.6. The number of benzene rings is 2. The van der Waals surface area contributed by atoms with Crippen LogP contribution in [0.5, 0.6) is 0 Å². The molecular formula is C18H25O2PSi. The molecule has 0 amide bonds. The minimum absolute atomic E-state index is 0.450. The first-order valence-electron chi connectivity index (χ1n) is 7.84. The van der Waals surface area contributed by atoms with E-state index in [0.29, 0.717) is 0 Å². The lowest BCUT2D eigenvalue weighted by molar-refractivity contribution is 0.194. The average molecular weight is 332 g/mol. The van der Waals surface area contributed by atoms with E-state index in [9.17, 15) is 0 Å². The van der Waals surface area contributed by atoms with Crippen molar-refractivity contribution < 1.29 is 8.85 Å². The van der Waals surface area contributed by atoms with Crippen LogP contribution >= 0.6 is 7.92 Å². The lowest BCUT2D eigenvalue weighted by atomic mass is 10.4. The Labute approximate surface area is 136 Å². The molecule has 0 fully saturated rings. The Kier molecular flexibility index (Phi) is 6.78. The van der Waals surface area contributed by atoms with Gasteiger partial charge in [0.05, 0.1) is 0 Å². The molecule has 0 bridgehead atoms. The van der Waals surface area contributed by atoms with Crippen molar-refractivity contribution in [1.29, 1.82) is 0 Å². The molecule has 4 heteroatoms. The Morgan fingerprint density at radius 2 is 1.18 bits per heavy atom. The van der Waals surface area contributed by atoms with Gasteiger partial charge in [-0.05, 0) is 38.9 Å². The van der Waals surface area contributed by atoms with Crippen LogP contribution in [-0.4, -0.2) is 27.6 Å². The van der Waals surface area contributed by atoms with Crippen LogP contribution in [0, 0.1) is 0 Å². The van der Waals surface area contributed by atoms with Crippen LogP contribution in [0.4, 0.5) is 0 Å². The van der Waals surface area contributed by atoms with Crippen LogP contribution in [0.2, 0.25) is 6.55 Å². The first-order valence-corrected chi connectivity index (χ1v) is 11.9. The maximum atomic E-state index is 6.08. The fourth-order valence-electron chi connectivity index (χ4n) is 2.58. The summed E-state index contributed by atoms with van der Waals surface area (Å²) in [4.78, 5) is 0. The van der Waals surface area contributed by atoms with E-state index < -0.39 is 16.5 Å². The molecule has 2 rings (SSSR count). The van der Waals surface area contributed by atoms with Crippen LogP contribution in [0.3, 0.4) is 0 Å². The molecule has 118 valence electrons. The molecule has 0 aliphatic carbocycles. The fourth-order valence-corrected chi connectivity index (χ4v) is 9.73. The summed E-state index contributed by atoms with van der Waals surface area (Å²) in [6.45, 7) is 7.74. The highest BCUT2D eigenvalue weighted by molar-refractivity contribution is 7.74. The van der Waals surface area contributed by atoms with Gasteiger partial charge in [-0.3, -0.25) is 0 Å². The molecule has 0 aromatic heterocycles. The molecule has 0 N–H and O–H groups in total. The van der Waals surface area contributed by atoms with Crippen LogP contribution in [0.15, 0.2) is 60.7 Å². The molecule has 2 aromatic rings. The Hall–Kier alpha value is -0.993. The average Bonchev–Trinajstić information content (AvgIpc) is 2.55. The Bertz CT molecular complexity index is 502. The molecular weight excluding hydrogens is 307 g/mol. The third-order valence-electron chi connectivity index (χ3n) is 3.48. The molecule has 0 heterocycles. The van der Waals surface area contributed by atoms with Crippen molar-refractivity contribution in [3.05, 3.63) is 60.7 Å². The highest BCUT2D eigenvalue weighted by atomic mass is 31.1. The lowest BCUT2D eigenvalue weighted by Crippen LogP contribution is -2.44. The van der Waals surface area contributed by atoms with Gasteiger partial charge in [0.2, 0.25) is 0 Å². The second-order valence-electron chi connectivity index (χ2n) is 5.26. The zero-order chi connectivity index (χ0) is 15.8. The molecule has 0 spiro atoms. The van der Waals surface area contributed by atoms with Gasteiger partial charge in [-0.2, -0.15) is 0 Å². The van der Waals surface area contributed by atoms with Crippen LogP contribution in [0.25, 0.3) is 0 Å². The highest BCUT2D eigenvalue weighted by Crippen LogP contribution is 2.37. The van der Waals surface area contributed by atoms with Crippen molar-refractivity contribution in [2.75, 3.05) is 19.0 Å². The summed E-state index contributed by atoms with van der Waals surface area (Å²) in [5.74, 6) is 0.998. The second-order valence-corrected chi connectivity index (χ2v) is 11.3. The quantitative estimate of drug-likeness (QED) is 0.541. The first-order chi connectivity index (χ1) is 10.7. The van der Waals surface area contributed by atoms with Gasteiger partial charge in [0.1, 0.15) is 0 Å². The van der Waals surface area contributed by atoms with Gasteiger partial charge >= 0.3 is 8.56 Å². The number of hydrogen-bond acceptors (Lipinski definition) is 2. The van der Waals surface area contributed by atoms with Crippen molar-refractivity contribution in [3.8, 4) is 0 Å². The molecule has 0 saturated carbocycles. The Morgan fingerprint density at radius 3 is 1.55 bits per heavy atom. The topological polar surface area (TPSA) is 18.5 Å². The van der Waals surface area contributed by atoms with E-state index in [4.69, 9.17) is 8.85 Å². The van der Waals surface area contributed by atoms with E-state index in [1.807, 2.05) is 0 Å². The molecule has 0 aliphatic rings. The minimum Gasteiger partial charge on any atom is -0.394 e. The third-order valence-corrected chi connectivity index (χ3v) is 10.7. The van der Waals surface area contributed by atoms with E-state index in [1.54, 1.807) is 0 Å². The van der Waals surface area contributed by atoms with Crippen molar-refractivity contribution >= 4 is 27.1 Å². The summed E-state index contributed by atoms with van der Waals surface area (Å²) >= 11 is 0. The maximum Gasteiger partial charge on any atom is 0.339 e. The van der Waals surface area contributed by atoms with Gasteiger partial charge in [0.25, 0.3) is 0 Å². The van der Waals surface area contributed by atoms with Crippen molar-refractivity contribution in [2.45, 2.75) is 20.4 Å².